The summed E-state index contributed by atoms with van der Waals surface area (Å²) in [7, 11) is -0.123. The number of fused-ring (bicyclic) bond motifs is 3. The SMILES string of the molecule is COC1=C([Si](C)(C)C)[C@@]2(CCN=[N+]=[N-])c3ccccc3N3C(=O)CCC(=C1)[C@H]32. The highest BCUT2D eigenvalue weighted by Crippen LogP contribution is 2.60. The monoisotopic (exact) mass is 394 g/mol. The highest BCUT2D eigenvalue weighted by molar-refractivity contribution is 6.83. The molecule has 1 aliphatic carbocycles. The van der Waals surface area contributed by atoms with Gasteiger partial charge >= 0.3 is 0 Å². The number of para-hydroxylation sites is 1. The summed E-state index contributed by atoms with van der Waals surface area (Å²) in [4.78, 5) is 18.0. The maximum Gasteiger partial charge on any atom is 0.227 e. The van der Waals surface area contributed by atoms with Crippen LogP contribution in [0.3, 0.4) is 0 Å². The molecule has 1 amide bonds. The number of anilines is 1. The maximum absolute atomic E-state index is 13.0. The Balaban J connectivity index is 2.08. The fourth-order valence-corrected chi connectivity index (χ4v) is 8.24. The number of carbonyl (C=O) groups is 1. The minimum atomic E-state index is -1.86. The van der Waals surface area contributed by atoms with Gasteiger partial charge in [-0.3, -0.25) is 4.79 Å². The highest BCUT2D eigenvalue weighted by atomic mass is 28.3. The molecule has 0 radical (unpaired) electrons. The Bertz CT molecular complexity index is 955. The van der Waals surface area contributed by atoms with Crippen LogP contribution in [0.4, 0.5) is 5.69 Å². The molecule has 0 aromatic heterocycles. The van der Waals surface area contributed by atoms with Gasteiger partial charge in [0.15, 0.2) is 0 Å². The van der Waals surface area contributed by atoms with Crippen molar-refractivity contribution in [2.45, 2.75) is 50.4 Å². The summed E-state index contributed by atoms with van der Waals surface area (Å²) in [6, 6.07) is 8.20. The van der Waals surface area contributed by atoms with Crippen molar-refractivity contribution in [3.8, 4) is 0 Å². The maximum atomic E-state index is 13.0. The second kappa shape index (κ2) is 6.53. The Kier molecular flexibility index (Phi) is 4.40. The van der Waals surface area contributed by atoms with Crippen LogP contribution in [-0.2, 0) is 14.9 Å². The van der Waals surface area contributed by atoms with Crippen molar-refractivity contribution in [2.24, 2.45) is 5.11 Å². The zero-order chi connectivity index (χ0) is 20.1. The van der Waals surface area contributed by atoms with E-state index >= 15 is 0 Å². The van der Waals surface area contributed by atoms with E-state index < -0.39 is 8.07 Å². The van der Waals surface area contributed by atoms with Crippen LogP contribution in [0.15, 0.2) is 52.0 Å². The number of hydrogen-bond acceptors (Lipinski definition) is 3. The third-order valence-electron chi connectivity index (χ3n) is 6.26. The van der Waals surface area contributed by atoms with Crippen molar-refractivity contribution in [1.29, 1.82) is 0 Å². The zero-order valence-corrected chi connectivity index (χ0v) is 17.9. The van der Waals surface area contributed by atoms with Crippen molar-refractivity contribution < 1.29 is 9.53 Å². The molecule has 1 saturated heterocycles. The lowest BCUT2D eigenvalue weighted by molar-refractivity contribution is -0.119. The lowest BCUT2D eigenvalue weighted by Gasteiger charge is -2.49. The van der Waals surface area contributed by atoms with Crippen LogP contribution in [0.2, 0.25) is 19.6 Å². The molecule has 0 N–H and O–H groups in total. The molecule has 1 aromatic carbocycles. The molecule has 1 aromatic rings. The Morgan fingerprint density at radius 2 is 2.07 bits per heavy atom. The van der Waals surface area contributed by atoms with E-state index in [-0.39, 0.29) is 17.4 Å². The van der Waals surface area contributed by atoms with Crippen LogP contribution in [0.1, 0.15) is 24.8 Å². The first-order chi connectivity index (χ1) is 13.4. The van der Waals surface area contributed by atoms with Gasteiger partial charge in [-0.05, 0) is 46.8 Å². The molecular formula is C21H26N4O2Si. The van der Waals surface area contributed by atoms with Gasteiger partial charge < -0.3 is 9.64 Å². The lowest BCUT2D eigenvalue weighted by atomic mass is 9.67. The number of allylic oxidation sites excluding steroid dienone is 1. The average Bonchev–Trinajstić information content (AvgIpc) is 2.96. The van der Waals surface area contributed by atoms with Crippen LogP contribution in [0.5, 0.6) is 0 Å². The van der Waals surface area contributed by atoms with Crippen LogP contribution in [-0.4, -0.2) is 33.7 Å². The molecule has 1 fully saturated rings. The van der Waals surface area contributed by atoms with Crippen molar-refractivity contribution in [3.63, 3.8) is 0 Å². The van der Waals surface area contributed by atoms with Gasteiger partial charge in [0.25, 0.3) is 0 Å². The molecule has 4 rings (SSSR count). The molecule has 7 heteroatoms. The molecule has 0 bridgehead atoms. The molecule has 28 heavy (non-hydrogen) atoms. The molecule has 0 saturated carbocycles. The van der Waals surface area contributed by atoms with Gasteiger partial charge in [0.1, 0.15) is 5.76 Å². The van der Waals surface area contributed by atoms with E-state index in [1.165, 1.54) is 16.3 Å². The number of hydrogen-bond donors (Lipinski definition) is 0. The summed E-state index contributed by atoms with van der Waals surface area (Å²) in [5, 5.41) is 5.20. The van der Waals surface area contributed by atoms with Crippen LogP contribution >= 0.6 is 0 Å². The van der Waals surface area contributed by atoms with E-state index in [0.717, 1.165) is 17.9 Å². The first kappa shape index (κ1) is 18.8. The zero-order valence-electron chi connectivity index (χ0n) is 16.9. The topological polar surface area (TPSA) is 78.3 Å². The number of rotatable bonds is 5. The van der Waals surface area contributed by atoms with Crippen molar-refractivity contribution >= 4 is 19.7 Å². The minimum absolute atomic E-state index is 0.0410. The van der Waals surface area contributed by atoms with Crippen LogP contribution in [0, 0.1) is 0 Å². The van der Waals surface area contributed by atoms with Gasteiger partial charge in [-0.25, -0.2) is 0 Å². The number of piperidine rings is 1. The van der Waals surface area contributed by atoms with E-state index in [1.54, 1.807) is 7.11 Å². The predicted molar refractivity (Wildman–Crippen MR) is 113 cm³/mol. The third kappa shape index (κ3) is 2.46. The van der Waals surface area contributed by atoms with Gasteiger partial charge in [0.05, 0.1) is 21.2 Å². The number of ether oxygens (including phenoxy) is 1. The van der Waals surface area contributed by atoms with E-state index in [9.17, 15) is 4.79 Å². The fourth-order valence-electron chi connectivity index (χ4n) is 5.59. The largest absolute Gasteiger partial charge is 0.497 e. The van der Waals surface area contributed by atoms with Crippen molar-refractivity contribution in [3.05, 3.63) is 62.9 Å². The second-order valence-corrected chi connectivity index (χ2v) is 13.8. The minimum Gasteiger partial charge on any atom is -0.497 e. The van der Waals surface area contributed by atoms with E-state index in [0.29, 0.717) is 19.4 Å². The van der Waals surface area contributed by atoms with E-state index in [4.69, 9.17) is 10.3 Å². The van der Waals surface area contributed by atoms with Crippen LogP contribution < -0.4 is 4.90 Å². The van der Waals surface area contributed by atoms with Gasteiger partial charge in [0.2, 0.25) is 5.91 Å². The molecular weight excluding hydrogens is 368 g/mol. The number of azide groups is 1. The Morgan fingerprint density at radius 1 is 1.32 bits per heavy atom. The van der Waals surface area contributed by atoms with Crippen molar-refractivity contribution in [1.82, 2.24) is 0 Å². The van der Waals surface area contributed by atoms with E-state index in [1.807, 2.05) is 17.0 Å². The lowest BCUT2D eigenvalue weighted by Crippen LogP contribution is -2.57. The Hall–Kier alpha value is -2.50. The van der Waals surface area contributed by atoms with Gasteiger partial charge in [-0.1, -0.05) is 43.0 Å². The molecule has 146 valence electrons. The molecule has 2 heterocycles. The molecule has 3 aliphatic rings. The number of methoxy groups -OCH3 is 1. The molecule has 2 aliphatic heterocycles. The summed E-state index contributed by atoms with van der Waals surface area (Å²) in [6.45, 7) is 7.36. The Labute approximate surface area is 166 Å². The fraction of sp³-hybridized carbons (Fsp3) is 0.476. The quantitative estimate of drug-likeness (QED) is 0.310. The third-order valence-corrected chi connectivity index (χ3v) is 8.46. The molecule has 0 unspecified atom stereocenters. The summed E-state index contributed by atoms with van der Waals surface area (Å²) in [5.41, 5.74) is 11.9. The van der Waals surface area contributed by atoms with E-state index in [2.05, 4.69) is 47.9 Å². The summed E-state index contributed by atoms with van der Waals surface area (Å²) >= 11 is 0. The highest BCUT2D eigenvalue weighted by Gasteiger charge is 2.61. The summed E-state index contributed by atoms with van der Waals surface area (Å²) in [5.74, 6) is 1.12. The standard InChI is InChI=1S/C21H26N4O2Si/c1-27-17-13-14-9-10-18(26)25-16-8-6-5-7-15(16)21(19(14)25,11-12-23-24-22)20(17)28(2,3)4/h5-8,13,19H,9-12H2,1-4H3/t19-,21-/m0/s1. The van der Waals surface area contributed by atoms with Gasteiger partial charge in [-0.15, -0.1) is 0 Å². The summed E-state index contributed by atoms with van der Waals surface area (Å²) in [6.07, 6.45) is 4.12. The number of nitrogens with zero attached hydrogens (tertiary/aromatic N) is 4. The molecule has 6 nitrogen and oxygen atoms in total. The summed E-state index contributed by atoms with van der Waals surface area (Å²) < 4.78 is 5.93. The number of benzene rings is 1. The van der Waals surface area contributed by atoms with Gasteiger partial charge in [0, 0.05) is 29.0 Å². The number of amides is 1. The first-order valence-electron chi connectivity index (χ1n) is 9.78. The van der Waals surface area contributed by atoms with Crippen LogP contribution in [0.25, 0.3) is 10.4 Å². The predicted octanol–water partition coefficient (Wildman–Crippen LogP) is 4.85. The smallest absolute Gasteiger partial charge is 0.227 e. The average molecular weight is 395 g/mol. The molecule has 2 atom stereocenters. The normalized spacial score (nSPS) is 25.7. The number of carbonyl (C=O) groups excluding carboxylic acids is 1. The second-order valence-electron chi connectivity index (χ2n) is 8.77. The molecule has 0 spiro atoms. The van der Waals surface area contributed by atoms with Crippen molar-refractivity contribution in [2.75, 3.05) is 18.6 Å². The Morgan fingerprint density at radius 3 is 2.75 bits per heavy atom. The first-order valence-corrected chi connectivity index (χ1v) is 13.3. The van der Waals surface area contributed by atoms with Gasteiger partial charge in [-0.2, -0.15) is 0 Å².